The van der Waals surface area contributed by atoms with Crippen LogP contribution in [0.15, 0.2) is 22.7 Å². The smallest absolute Gasteiger partial charge is 0.248 e. The van der Waals surface area contributed by atoms with E-state index in [2.05, 4.69) is 15.9 Å². The Balaban J connectivity index is 1.98. The third-order valence-corrected chi connectivity index (χ3v) is 4.74. The molecule has 1 unspecified atom stereocenters. The van der Waals surface area contributed by atoms with Crippen molar-refractivity contribution in [3.05, 3.63) is 34.1 Å². The second-order valence-corrected chi connectivity index (χ2v) is 6.07. The normalized spacial score (nSPS) is 21.3. The Bertz CT molecular complexity index is 440. The zero-order valence-corrected chi connectivity index (χ0v) is 12.1. The summed E-state index contributed by atoms with van der Waals surface area (Å²) in [7, 11) is 0. The number of alkyl halides is 2. The highest BCUT2D eigenvalue weighted by Crippen LogP contribution is 2.37. The van der Waals surface area contributed by atoms with E-state index in [-0.39, 0.29) is 30.6 Å². The minimum absolute atomic E-state index is 0.0876. The van der Waals surface area contributed by atoms with E-state index < -0.39 is 5.92 Å². The zero-order chi connectivity index (χ0) is 14.0. The van der Waals surface area contributed by atoms with Crippen LogP contribution in [0.1, 0.15) is 31.2 Å². The fraction of sp³-hybridized carbons (Fsp3) is 0.571. The van der Waals surface area contributed by atoms with E-state index in [0.29, 0.717) is 23.7 Å². The fourth-order valence-electron chi connectivity index (χ4n) is 2.62. The van der Waals surface area contributed by atoms with Crippen molar-refractivity contribution < 1.29 is 13.2 Å². The van der Waals surface area contributed by atoms with Crippen molar-refractivity contribution in [3.8, 4) is 0 Å². The van der Waals surface area contributed by atoms with Crippen LogP contribution >= 0.6 is 15.9 Å². The van der Waals surface area contributed by atoms with Gasteiger partial charge in [-0.05, 0) is 52.7 Å². The molecule has 1 saturated carbocycles. The number of hydrogen-bond donors (Lipinski definition) is 1. The van der Waals surface area contributed by atoms with Crippen LogP contribution < -0.4 is 5.73 Å². The lowest BCUT2D eigenvalue weighted by atomic mass is 9.80. The molecule has 0 heterocycles. The Kier molecular flexibility index (Phi) is 4.56. The Morgan fingerprint density at radius 3 is 2.58 bits per heavy atom. The first-order valence-corrected chi connectivity index (χ1v) is 7.25. The third kappa shape index (κ3) is 3.72. The molecule has 19 heavy (non-hydrogen) atoms. The molecule has 0 spiro atoms. The summed E-state index contributed by atoms with van der Waals surface area (Å²) in [5.41, 5.74) is 6.90. The molecule has 1 atom stereocenters. The Labute approximate surface area is 119 Å². The largest absolute Gasteiger partial charge is 0.327 e. The van der Waals surface area contributed by atoms with Gasteiger partial charge in [0, 0.05) is 18.9 Å². The molecule has 1 aliphatic carbocycles. The fourth-order valence-corrected chi connectivity index (χ4v) is 3.04. The highest BCUT2D eigenvalue weighted by atomic mass is 79.9. The maximum atomic E-state index is 13.4. The summed E-state index contributed by atoms with van der Waals surface area (Å²) in [5.74, 6) is -2.76. The number of hydrogen-bond acceptors (Lipinski definition) is 1. The first kappa shape index (κ1) is 14.9. The summed E-state index contributed by atoms with van der Waals surface area (Å²) in [6.45, 7) is 0. The molecular formula is C14H17BrF3N. The van der Waals surface area contributed by atoms with Crippen molar-refractivity contribution in [2.24, 2.45) is 11.7 Å². The predicted molar refractivity (Wildman–Crippen MR) is 72.7 cm³/mol. The Morgan fingerprint density at radius 2 is 1.95 bits per heavy atom. The van der Waals surface area contributed by atoms with Crippen molar-refractivity contribution in [3.63, 3.8) is 0 Å². The second kappa shape index (κ2) is 5.83. The van der Waals surface area contributed by atoms with Gasteiger partial charge >= 0.3 is 0 Å². The van der Waals surface area contributed by atoms with Crippen molar-refractivity contribution in [1.29, 1.82) is 0 Å². The van der Waals surface area contributed by atoms with E-state index in [1.165, 1.54) is 6.07 Å². The number of nitrogens with two attached hydrogens (primary N) is 1. The maximum absolute atomic E-state index is 13.4. The van der Waals surface area contributed by atoms with Gasteiger partial charge in [0.15, 0.2) is 0 Å². The monoisotopic (exact) mass is 335 g/mol. The van der Waals surface area contributed by atoms with Gasteiger partial charge in [-0.1, -0.05) is 12.1 Å². The molecule has 0 amide bonds. The quantitative estimate of drug-likeness (QED) is 0.876. The first-order chi connectivity index (χ1) is 8.89. The lowest BCUT2D eigenvalue weighted by molar-refractivity contribution is -0.0481. The van der Waals surface area contributed by atoms with Crippen LogP contribution in [-0.4, -0.2) is 12.0 Å². The molecular weight excluding hydrogens is 319 g/mol. The van der Waals surface area contributed by atoms with Crippen LogP contribution in [0.4, 0.5) is 13.2 Å². The summed E-state index contributed by atoms with van der Waals surface area (Å²) in [6.07, 6.45) is 1.22. The van der Waals surface area contributed by atoms with Crippen LogP contribution in [0.2, 0.25) is 0 Å². The molecule has 0 saturated heterocycles. The van der Waals surface area contributed by atoms with Crippen LogP contribution in [0, 0.1) is 11.7 Å². The van der Waals surface area contributed by atoms with E-state index >= 15 is 0 Å². The summed E-state index contributed by atoms with van der Waals surface area (Å²) < 4.78 is 40.0. The highest BCUT2D eigenvalue weighted by Gasteiger charge is 2.36. The van der Waals surface area contributed by atoms with E-state index in [1.807, 2.05) is 6.07 Å². The predicted octanol–water partition coefficient (Wildman–Crippen LogP) is 4.28. The van der Waals surface area contributed by atoms with Gasteiger partial charge in [0.1, 0.15) is 5.82 Å². The third-order valence-electron chi connectivity index (χ3n) is 3.85. The summed E-state index contributed by atoms with van der Waals surface area (Å²) in [6, 6.07) is 4.62. The molecule has 5 heteroatoms. The van der Waals surface area contributed by atoms with E-state index in [1.54, 1.807) is 6.07 Å². The molecule has 106 valence electrons. The van der Waals surface area contributed by atoms with Crippen molar-refractivity contribution in [1.82, 2.24) is 0 Å². The molecule has 1 aromatic carbocycles. The molecule has 0 bridgehead atoms. The van der Waals surface area contributed by atoms with Gasteiger partial charge in [-0.3, -0.25) is 0 Å². The molecule has 2 rings (SSSR count). The standard InChI is InChI=1S/C14H17BrF3N/c15-13-10(2-1-3-11(13)16)8-12(19)9-4-6-14(17,18)7-5-9/h1-3,9,12H,4-8,19H2. The maximum Gasteiger partial charge on any atom is 0.248 e. The van der Waals surface area contributed by atoms with Gasteiger partial charge in [0.2, 0.25) is 5.92 Å². The molecule has 0 aromatic heterocycles. The van der Waals surface area contributed by atoms with Gasteiger partial charge in [0.25, 0.3) is 0 Å². The molecule has 0 radical (unpaired) electrons. The van der Waals surface area contributed by atoms with Crippen LogP contribution in [0.25, 0.3) is 0 Å². The van der Waals surface area contributed by atoms with E-state index in [4.69, 9.17) is 5.73 Å². The minimum Gasteiger partial charge on any atom is -0.327 e. The average molecular weight is 336 g/mol. The lowest BCUT2D eigenvalue weighted by Gasteiger charge is -2.32. The van der Waals surface area contributed by atoms with Crippen LogP contribution in [0.5, 0.6) is 0 Å². The molecule has 1 aliphatic rings. The molecule has 0 aliphatic heterocycles. The van der Waals surface area contributed by atoms with Gasteiger partial charge in [-0.2, -0.15) is 0 Å². The van der Waals surface area contributed by atoms with Crippen molar-refractivity contribution in [2.45, 2.75) is 44.1 Å². The summed E-state index contributed by atoms with van der Waals surface area (Å²) in [5, 5.41) is 0. The molecule has 1 aromatic rings. The second-order valence-electron chi connectivity index (χ2n) is 5.27. The summed E-state index contributed by atoms with van der Waals surface area (Å²) >= 11 is 3.20. The van der Waals surface area contributed by atoms with Crippen molar-refractivity contribution >= 4 is 15.9 Å². The van der Waals surface area contributed by atoms with Gasteiger partial charge in [0.05, 0.1) is 4.47 Å². The Hall–Kier alpha value is -0.550. The Morgan fingerprint density at radius 1 is 1.32 bits per heavy atom. The van der Waals surface area contributed by atoms with Gasteiger partial charge < -0.3 is 5.73 Å². The average Bonchev–Trinajstić information content (AvgIpc) is 2.35. The molecule has 1 nitrogen and oxygen atoms in total. The topological polar surface area (TPSA) is 26.0 Å². The molecule has 2 N–H and O–H groups in total. The SMILES string of the molecule is NC(Cc1cccc(F)c1Br)C1CCC(F)(F)CC1. The van der Waals surface area contributed by atoms with Crippen molar-refractivity contribution in [2.75, 3.05) is 0 Å². The number of benzene rings is 1. The zero-order valence-electron chi connectivity index (χ0n) is 10.5. The molecule has 1 fully saturated rings. The number of halogens is 4. The highest BCUT2D eigenvalue weighted by molar-refractivity contribution is 9.10. The minimum atomic E-state index is -2.53. The van der Waals surface area contributed by atoms with Crippen LogP contribution in [0.3, 0.4) is 0 Å². The number of rotatable bonds is 3. The lowest BCUT2D eigenvalue weighted by Crippen LogP contribution is -2.37. The van der Waals surface area contributed by atoms with Gasteiger partial charge in [-0.25, -0.2) is 13.2 Å². The summed E-state index contributed by atoms with van der Waals surface area (Å²) in [4.78, 5) is 0. The first-order valence-electron chi connectivity index (χ1n) is 6.45. The van der Waals surface area contributed by atoms with Crippen LogP contribution in [-0.2, 0) is 6.42 Å². The van der Waals surface area contributed by atoms with E-state index in [0.717, 1.165) is 5.56 Å². The van der Waals surface area contributed by atoms with Gasteiger partial charge in [-0.15, -0.1) is 0 Å². The van der Waals surface area contributed by atoms with E-state index in [9.17, 15) is 13.2 Å².